The van der Waals surface area contributed by atoms with Crippen LogP contribution in [0.4, 0.5) is 0 Å². The van der Waals surface area contributed by atoms with E-state index in [4.69, 9.17) is 10.2 Å². The molecule has 0 fully saturated rings. The van der Waals surface area contributed by atoms with Gasteiger partial charge in [0, 0.05) is 17.7 Å². The minimum atomic E-state index is -1.20. The SMILES string of the molecule is C=C(C)C(=O)OC.C=CC(=O)OCC.CCOC(=O)C(C=CC(=O)O)=CO. The van der Waals surface area contributed by atoms with Crippen LogP contribution < -0.4 is 0 Å². The average molecular weight is 386 g/mol. The third-order valence-electron chi connectivity index (χ3n) is 2.04. The molecule has 0 rings (SSSR count). The van der Waals surface area contributed by atoms with E-state index in [0.717, 1.165) is 18.2 Å². The Morgan fingerprint density at radius 2 is 1.52 bits per heavy atom. The number of carbonyl (C=O) groups is 4. The second kappa shape index (κ2) is 19.0. The van der Waals surface area contributed by atoms with E-state index in [1.165, 1.54) is 7.11 Å². The van der Waals surface area contributed by atoms with Crippen LogP contribution in [0.5, 0.6) is 0 Å². The summed E-state index contributed by atoms with van der Waals surface area (Å²) in [6.45, 7) is 12.1. The minimum absolute atomic E-state index is 0.164. The van der Waals surface area contributed by atoms with Gasteiger partial charge in [-0.3, -0.25) is 0 Å². The lowest BCUT2D eigenvalue weighted by Gasteiger charge is -1.99. The summed E-state index contributed by atoms with van der Waals surface area (Å²) in [6, 6.07) is 0. The standard InChI is InChI=1S/C8H10O5.2C5H8O2/c1-2-13-8(12)6(5-9)3-4-7(10)11;1-4(2)5(6)7-3;1-3-5(6)7-4-2/h3-5,9H,2H2,1H3,(H,10,11);1H2,2-3H3;3H,1,4H2,2H3. The van der Waals surface area contributed by atoms with Crippen LogP contribution >= 0.6 is 0 Å². The van der Waals surface area contributed by atoms with Crippen LogP contribution in [0.2, 0.25) is 0 Å². The highest BCUT2D eigenvalue weighted by atomic mass is 16.5. The zero-order chi connectivity index (χ0) is 21.8. The predicted octanol–water partition coefficient (Wildman–Crippen LogP) is 2.10. The van der Waals surface area contributed by atoms with Gasteiger partial charge in [0.15, 0.2) is 0 Å². The Kier molecular flexibility index (Phi) is 20.0. The molecule has 0 aromatic carbocycles. The van der Waals surface area contributed by atoms with Crippen LogP contribution in [0.1, 0.15) is 20.8 Å². The van der Waals surface area contributed by atoms with Gasteiger partial charge in [-0.15, -0.1) is 0 Å². The first-order valence-corrected chi connectivity index (χ1v) is 7.56. The summed E-state index contributed by atoms with van der Waals surface area (Å²) in [5.41, 5.74) is 0.228. The van der Waals surface area contributed by atoms with E-state index in [2.05, 4.69) is 27.4 Å². The minimum Gasteiger partial charge on any atom is -0.515 e. The van der Waals surface area contributed by atoms with Crippen LogP contribution in [-0.4, -0.2) is 54.4 Å². The lowest BCUT2D eigenvalue weighted by molar-refractivity contribution is -0.138. The van der Waals surface area contributed by atoms with Gasteiger partial charge in [-0.2, -0.15) is 0 Å². The van der Waals surface area contributed by atoms with Crippen LogP contribution in [-0.2, 0) is 33.4 Å². The number of aliphatic carboxylic acids is 1. The van der Waals surface area contributed by atoms with Gasteiger partial charge in [-0.25, -0.2) is 19.2 Å². The average Bonchev–Trinajstić information content (AvgIpc) is 2.62. The molecular weight excluding hydrogens is 360 g/mol. The normalized spacial score (nSPS) is 9.56. The molecule has 0 saturated heterocycles. The quantitative estimate of drug-likeness (QED) is 0.221. The summed E-state index contributed by atoms with van der Waals surface area (Å²) < 4.78 is 13.2. The summed E-state index contributed by atoms with van der Waals surface area (Å²) in [4.78, 5) is 41.2. The Bertz CT molecular complexity index is 569. The van der Waals surface area contributed by atoms with Crippen molar-refractivity contribution in [1.82, 2.24) is 0 Å². The Morgan fingerprint density at radius 1 is 1.00 bits per heavy atom. The lowest BCUT2D eigenvalue weighted by Crippen LogP contribution is -2.06. The van der Waals surface area contributed by atoms with E-state index < -0.39 is 11.9 Å². The molecule has 0 aromatic rings. The number of aliphatic hydroxyl groups is 1. The van der Waals surface area contributed by atoms with Gasteiger partial charge >= 0.3 is 23.9 Å². The molecule has 0 heterocycles. The van der Waals surface area contributed by atoms with Crippen molar-refractivity contribution in [3.05, 3.63) is 48.8 Å². The highest BCUT2D eigenvalue weighted by Gasteiger charge is 2.06. The van der Waals surface area contributed by atoms with Crippen molar-refractivity contribution in [2.75, 3.05) is 20.3 Å². The number of ether oxygens (including phenoxy) is 3. The van der Waals surface area contributed by atoms with E-state index >= 15 is 0 Å². The zero-order valence-corrected chi connectivity index (χ0v) is 15.9. The van der Waals surface area contributed by atoms with Gasteiger partial charge < -0.3 is 24.4 Å². The molecule has 0 saturated carbocycles. The first-order chi connectivity index (χ1) is 12.6. The molecule has 0 aliphatic rings. The summed E-state index contributed by atoms with van der Waals surface area (Å²) in [7, 11) is 1.33. The smallest absolute Gasteiger partial charge is 0.341 e. The number of esters is 3. The van der Waals surface area contributed by atoms with Crippen molar-refractivity contribution >= 4 is 23.9 Å². The molecule has 9 nitrogen and oxygen atoms in total. The Balaban J connectivity index is -0.000000350. The van der Waals surface area contributed by atoms with Crippen LogP contribution in [0.3, 0.4) is 0 Å². The third kappa shape index (κ3) is 20.6. The molecule has 0 unspecified atom stereocenters. The fourth-order valence-electron chi connectivity index (χ4n) is 0.915. The Morgan fingerprint density at radius 3 is 1.74 bits per heavy atom. The topological polar surface area (TPSA) is 136 Å². The number of carboxylic acids is 1. The van der Waals surface area contributed by atoms with Gasteiger partial charge in [0.2, 0.25) is 0 Å². The van der Waals surface area contributed by atoms with Crippen LogP contribution in [0, 0.1) is 0 Å². The molecule has 27 heavy (non-hydrogen) atoms. The Hall–Kier alpha value is -3.36. The highest BCUT2D eigenvalue weighted by Crippen LogP contribution is 1.99. The number of aliphatic hydroxyl groups excluding tert-OH is 1. The van der Waals surface area contributed by atoms with Gasteiger partial charge in [0.1, 0.15) is 0 Å². The molecule has 0 aromatic heterocycles. The van der Waals surface area contributed by atoms with Crippen molar-refractivity contribution in [2.24, 2.45) is 0 Å². The summed E-state index contributed by atoms with van der Waals surface area (Å²) in [6.07, 6.45) is 3.33. The number of methoxy groups -OCH3 is 1. The second-order valence-electron chi connectivity index (χ2n) is 4.20. The molecule has 9 heteroatoms. The van der Waals surface area contributed by atoms with E-state index in [-0.39, 0.29) is 24.1 Å². The fraction of sp³-hybridized carbons (Fsp3) is 0.333. The number of carbonyl (C=O) groups excluding carboxylic acids is 3. The first kappa shape index (κ1) is 28.4. The van der Waals surface area contributed by atoms with Crippen LogP contribution in [0.25, 0.3) is 0 Å². The van der Waals surface area contributed by atoms with Crippen molar-refractivity contribution in [1.29, 1.82) is 0 Å². The molecule has 2 N–H and O–H groups in total. The second-order valence-corrected chi connectivity index (χ2v) is 4.20. The zero-order valence-electron chi connectivity index (χ0n) is 15.9. The van der Waals surface area contributed by atoms with Gasteiger partial charge in [-0.1, -0.05) is 13.2 Å². The van der Waals surface area contributed by atoms with E-state index in [1.54, 1.807) is 20.8 Å². The maximum absolute atomic E-state index is 10.9. The van der Waals surface area contributed by atoms with E-state index in [9.17, 15) is 19.2 Å². The van der Waals surface area contributed by atoms with Crippen molar-refractivity contribution in [3.8, 4) is 0 Å². The van der Waals surface area contributed by atoms with Gasteiger partial charge in [0.05, 0.1) is 32.2 Å². The number of rotatable bonds is 7. The summed E-state index contributed by atoms with van der Waals surface area (Å²) in [5, 5.41) is 16.8. The number of hydrogen-bond acceptors (Lipinski definition) is 8. The largest absolute Gasteiger partial charge is 0.515 e. The Labute approximate surface area is 158 Å². The molecule has 0 spiro atoms. The maximum Gasteiger partial charge on any atom is 0.341 e. The first-order valence-electron chi connectivity index (χ1n) is 7.56. The monoisotopic (exact) mass is 386 g/mol. The van der Waals surface area contributed by atoms with Gasteiger partial charge in [0.25, 0.3) is 0 Å². The number of carboxylic acid groups (broad SMARTS) is 1. The molecule has 0 amide bonds. The molecule has 152 valence electrons. The molecule has 0 bridgehead atoms. The highest BCUT2D eigenvalue weighted by molar-refractivity contribution is 5.93. The molecule has 0 aliphatic heterocycles. The lowest BCUT2D eigenvalue weighted by atomic mass is 10.3. The van der Waals surface area contributed by atoms with Crippen molar-refractivity contribution in [2.45, 2.75) is 20.8 Å². The summed E-state index contributed by atoms with van der Waals surface area (Å²) in [5.74, 6) is -2.67. The fourth-order valence-corrected chi connectivity index (χ4v) is 0.915. The van der Waals surface area contributed by atoms with Crippen molar-refractivity contribution in [3.63, 3.8) is 0 Å². The maximum atomic E-state index is 10.9. The third-order valence-corrected chi connectivity index (χ3v) is 2.04. The molecular formula is C18H26O9. The van der Waals surface area contributed by atoms with E-state index in [0.29, 0.717) is 18.4 Å². The summed E-state index contributed by atoms with van der Waals surface area (Å²) >= 11 is 0. The van der Waals surface area contributed by atoms with E-state index in [1.807, 2.05) is 0 Å². The number of hydrogen-bond donors (Lipinski definition) is 2. The van der Waals surface area contributed by atoms with Crippen molar-refractivity contribution < 1.29 is 43.6 Å². The molecule has 0 atom stereocenters. The molecule has 0 aliphatic carbocycles. The van der Waals surface area contributed by atoms with Gasteiger partial charge in [-0.05, 0) is 26.8 Å². The predicted molar refractivity (Wildman–Crippen MR) is 97.8 cm³/mol. The molecule has 0 radical (unpaired) electrons. The van der Waals surface area contributed by atoms with Crippen LogP contribution in [0.15, 0.2) is 48.8 Å².